The van der Waals surface area contributed by atoms with Crippen molar-refractivity contribution in [1.29, 1.82) is 0 Å². The topological polar surface area (TPSA) is 56.7 Å². The minimum Gasteiger partial charge on any atom is -0.507 e. The molecule has 2 aliphatic rings. The summed E-state index contributed by atoms with van der Waals surface area (Å²) in [5.41, 5.74) is 0.392. The Morgan fingerprint density at radius 1 is 1.38 bits per heavy atom. The molecular formula is C19H22ClN3O2S. The summed E-state index contributed by atoms with van der Waals surface area (Å²) in [5, 5.41) is 11.6. The molecule has 5 nitrogen and oxygen atoms in total. The first-order chi connectivity index (χ1) is 12.5. The molecule has 1 aromatic heterocycles. The number of phenols is 1. The SMILES string of the molecule is Cc1ncc(CN2CC[C@@]23CCCN(C(=O)c2ccc(Cl)cc2O)C3)s1. The Morgan fingerprint density at radius 3 is 2.88 bits per heavy atom. The zero-order valence-electron chi connectivity index (χ0n) is 14.7. The van der Waals surface area contributed by atoms with Crippen molar-refractivity contribution in [3.8, 4) is 5.75 Å². The molecule has 0 bridgehead atoms. The van der Waals surface area contributed by atoms with E-state index in [-0.39, 0.29) is 17.2 Å². The Labute approximate surface area is 162 Å². The average Bonchev–Trinajstić information content (AvgIpc) is 3.03. The Hall–Kier alpha value is -1.63. The van der Waals surface area contributed by atoms with Crippen LogP contribution in [0, 0.1) is 6.92 Å². The number of piperidine rings is 1. The summed E-state index contributed by atoms with van der Waals surface area (Å²) in [6.45, 7) is 5.44. The van der Waals surface area contributed by atoms with Crippen molar-refractivity contribution in [3.05, 3.63) is 44.9 Å². The molecule has 2 fully saturated rings. The van der Waals surface area contributed by atoms with Crippen molar-refractivity contribution in [2.45, 2.75) is 38.3 Å². The molecule has 1 N–H and O–H groups in total. The van der Waals surface area contributed by atoms with Crippen LogP contribution in [-0.4, -0.2) is 51.0 Å². The van der Waals surface area contributed by atoms with Gasteiger partial charge < -0.3 is 10.0 Å². The molecule has 0 aliphatic carbocycles. The van der Waals surface area contributed by atoms with Crippen LogP contribution in [0.25, 0.3) is 0 Å². The van der Waals surface area contributed by atoms with Crippen molar-refractivity contribution in [3.63, 3.8) is 0 Å². The molecule has 0 saturated carbocycles. The van der Waals surface area contributed by atoms with Gasteiger partial charge in [-0.3, -0.25) is 9.69 Å². The third-order valence-corrected chi connectivity index (χ3v) is 6.70. The van der Waals surface area contributed by atoms with Gasteiger partial charge in [-0.2, -0.15) is 0 Å². The lowest BCUT2D eigenvalue weighted by Crippen LogP contribution is -2.66. The van der Waals surface area contributed by atoms with E-state index >= 15 is 0 Å². The number of thiazole rings is 1. The van der Waals surface area contributed by atoms with Crippen LogP contribution in [0.15, 0.2) is 24.4 Å². The van der Waals surface area contributed by atoms with E-state index in [0.717, 1.165) is 43.9 Å². The minimum absolute atomic E-state index is 0.0484. The maximum absolute atomic E-state index is 12.9. The second-order valence-electron chi connectivity index (χ2n) is 7.23. The van der Waals surface area contributed by atoms with Gasteiger partial charge >= 0.3 is 0 Å². The lowest BCUT2D eigenvalue weighted by Gasteiger charge is -2.57. The van der Waals surface area contributed by atoms with E-state index in [1.807, 2.05) is 18.0 Å². The van der Waals surface area contributed by atoms with Gasteiger partial charge in [0.25, 0.3) is 5.91 Å². The monoisotopic (exact) mass is 391 g/mol. The lowest BCUT2D eigenvalue weighted by molar-refractivity contribution is -0.0643. The molecule has 0 unspecified atom stereocenters. The number of aryl methyl sites for hydroxylation is 1. The van der Waals surface area contributed by atoms with Crippen molar-refractivity contribution in [2.75, 3.05) is 19.6 Å². The number of hydrogen-bond acceptors (Lipinski definition) is 5. The number of aromatic nitrogens is 1. The zero-order valence-corrected chi connectivity index (χ0v) is 16.3. The molecule has 0 radical (unpaired) electrons. The number of hydrogen-bond donors (Lipinski definition) is 1. The number of carbonyl (C=O) groups excluding carboxylic acids is 1. The van der Waals surface area contributed by atoms with Crippen LogP contribution in [0.5, 0.6) is 5.75 Å². The highest BCUT2D eigenvalue weighted by atomic mass is 35.5. The first-order valence-electron chi connectivity index (χ1n) is 8.91. The van der Waals surface area contributed by atoms with Crippen LogP contribution in [0.4, 0.5) is 0 Å². The van der Waals surface area contributed by atoms with E-state index in [4.69, 9.17) is 11.6 Å². The van der Waals surface area contributed by atoms with Gasteiger partial charge in [-0.25, -0.2) is 4.98 Å². The third-order valence-electron chi connectivity index (χ3n) is 5.57. The lowest BCUT2D eigenvalue weighted by atomic mass is 9.77. The Balaban J connectivity index is 1.49. The predicted octanol–water partition coefficient (Wildman–Crippen LogP) is 3.69. The van der Waals surface area contributed by atoms with Gasteiger partial charge in [-0.15, -0.1) is 11.3 Å². The van der Waals surface area contributed by atoms with Crippen molar-refractivity contribution < 1.29 is 9.90 Å². The third kappa shape index (κ3) is 3.21. The quantitative estimate of drug-likeness (QED) is 0.866. The van der Waals surface area contributed by atoms with E-state index in [1.54, 1.807) is 23.5 Å². The Bertz CT molecular complexity index is 840. The molecule has 7 heteroatoms. The van der Waals surface area contributed by atoms with Crippen LogP contribution in [0.1, 0.15) is 39.5 Å². The average molecular weight is 392 g/mol. The smallest absolute Gasteiger partial charge is 0.257 e. The largest absolute Gasteiger partial charge is 0.507 e. The Kier molecular flexibility index (Phi) is 4.67. The highest BCUT2D eigenvalue weighted by molar-refractivity contribution is 7.11. The van der Waals surface area contributed by atoms with E-state index in [2.05, 4.69) is 9.88 Å². The normalized spacial score (nSPS) is 23.2. The summed E-state index contributed by atoms with van der Waals surface area (Å²) in [4.78, 5) is 22.9. The molecule has 2 aromatic rings. The second-order valence-corrected chi connectivity index (χ2v) is 8.99. The predicted molar refractivity (Wildman–Crippen MR) is 103 cm³/mol. The molecule has 2 saturated heterocycles. The number of likely N-dealkylation sites (tertiary alicyclic amines) is 2. The van der Waals surface area contributed by atoms with Crippen LogP contribution in [0.3, 0.4) is 0 Å². The fourth-order valence-corrected chi connectivity index (χ4v) is 5.08. The highest BCUT2D eigenvalue weighted by Crippen LogP contribution is 2.40. The van der Waals surface area contributed by atoms with E-state index < -0.39 is 0 Å². The van der Waals surface area contributed by atoms with E-state index in [1.165, 1.54) is 10.9 Å². The second kappa shape index (κ2) is 6.83. The van der Waals surface area contributed by atoms with E-state index in [0.29, 0.717) is 17.1 Å². The number of amides is 1. The molecule has 26 heavy (non-hydrogen) atoms. The van der Waals surface area contributed by atoms with Crippen molar-refractivity contribution in [2.24, 2.45) is 0 Å². The van der Waals surface area contributed by atoms with Gasteiger partial charge in [-0.1, -0.05) is 11.6 Å². The van der Waals surface area contributed by atoms with Crippen LogP contribution >= 0.6 is 22.9 Å². The number of aromatic hydroxyl groups is 1. The molecule has 1 atom stereocenters. The molecule has 1 amide bonds. The fraction of sp³-hybridized carbons (Fsp3) is 0.474. The molecule has 4 rings (SSSR count). The van der Waals surface area contributed by atoms with Gasteiger partial charge in [0.1, 0.15) is 5.75 Å². The number of benzene rings is 1. The Morgan fingerprint density at radius 2 is 2.23 bits per heavy atom. The summed E-state index contributed by atoms with van der Waals surface area (Å²) < 4.78 is 0. The maximum Gasteiger partial charge on any atom is 0.257 e. The number of nitrogens with zero attached hydrogens (tertiary/aromatic N) is 3. The molecule has 138 valence electrons. The first-order valence-corrected chi connectivity index (χ1v) is 10.1. The van der Waals surface area contributed by atoms with Gasteiger partial charge in [0.15, 0.2) is 0 Å². The molecule has 1 aromatic carbocycles. The van der Waals surface area contributed by atoms with Crippen LogP contribution < -0.4 is 0 Å². The minimum atomic E-state index is -0.112. The van der Waals surface area contributed by atoms with Gasteiger partial charge in [0, 0.05) is 47.8 Å². The van der Waals surface area contributed by atoms with Crippen molar-refractivity contribution in [1.82, 2.24) is 14.8 Å². The molecule has 1 spiro atoms. The van der Waals surface area contributed by atoms with Crippen molar-refractivity contribution >= 4 is 28.8 Å². The van der Waals surface area contributed by atoms with Crippen LogP contribution in [0.2, 0.25) is 5.02 Å². The van der Waals surface area contributed by atoms with E-state index in [9.17, 15) is 9.90 Å². The summed E-state index contributed by atoms with van der Waals surface area (Å²) >= 11 is 7.63. The number of carbonyl (C=O) groups is 1. The molecule has 3 heterocycles. The number of rotatable bonds is 3. The van der Waals surface area contributed by atoms with Gasteiger partial charge in [0.05, 0.1) is 10.6 Å². The first kappa shape index (κ1) is 17.8. The van der Waals surface area contributed by atoms with Crippen LogP contribution in [-0.2, 0) is 6.54 Å². The number of phenolic OH excluding ortho intramolecular Hbond substituents is 1. The fourth-order valence-electron chi connectivity index (χ4n) is 4.10. The molecular weight excluding hydrogens is 370 g/mol. The summed E-state index contributed by atoms with van der Waals surface area (Å²) in [6, 6.07) is 4.69. The maximum atomic E-state index is 12.9. The number of halogens is 1. The standard InChI is InChI=1S/C19H22ClN3O2S/c1-13-21-10-15(26-13)11-23-8-6-19(23)5-2-7-22(12-19)18(25)16-4-3-14(20)9-17(16)24/h3-4,9-10,24H,2,5-8,11-12H2,1H3/t19-/m1/s1. The summed E-state index contributed by atoms with van der Waals surface area (Å²) in [7, 11) is 0. The van der Waals surface area contributed by atoms with Gasteiger partial charge in [0.2, 0.25) is 0 Å². The highest BCUT2D eigenvalue weighted by Gasteiger charge is 2.48. The summed E-state index contributed by atoms with van der Waals surface area (Å²) in [6.07, 6.45) is 5.17. The van der Waals surface area contributed by atoms with Gasteiger partial charge in [-0.05, 0) is 44.4 Å². The molecule has 2 aliphatic heterocycles. The summed E-state index contributed by atoms with van der Waals surface area (Å²) in [5.74, 6) is -0.161. The zero-order chi connectivity index (χ0) is 18.3.